The van der Waals surface area contributed by atoms with Crippen LogP contribution in [0.5, 0.6) is 11.5 Å². The first-order valence-corrected chi connectivity index (χ1v) is 9.09. The number of morpholine rings is 1. The Morgan fingerprint density at radius 1 is 1.17 bits per heavy atom. The SMILES string of the molecule is CCOc1ccccc1O[C@@H](C1CCCCC1)C1CNCCO1. The van der Waals surface area contributed by atoms with Gasteiger partial charge in [-0.2, -0.15) is 0 Å². The van der Waals surface area contributed by atoms with E-state index in [2.05, 4.69) is 5.32 Å². The fraction of sp³-hybridized carbons (Fsp3) is 0.684. The molecule has 1 aromatic carbocycles. The minimum atomic E-state index is 0.102. The topological polar surface area (TPSA) is 39.7 Å². The van der Waals surface area contributed by atoms with Crippen molar-refractivity contribution in [2.45, 2.75) is 51.2 Å². The van der Waals surface area contributed by atoms with Crippen LogP contribution in [0, 0.1) is 5.92 Å². The molecule has 1 N–H and O–H groups in total. The largest absolute Gasteiger partial charge is 0.490 e. The molecule has 0 radical (unpaired) electrons. The van der Waals surface area contributed by atoms with Crippen LogP contribution >= 0.6 is 0 Å². The Kier molecular flexibility index (Phi) is 6.17. The zero-order valence-electron chi connectivity index (χ0n) is 14.1. The summed E-state index contributed by atoms with van der Waals surface area (Å²) in [7, 11) is 0. The van der Waals surface area contributed by atoms with Crippen LogP contribution in [0.4, 0.5) is 0 Å². The minimum absolute atomic E-state index is 0.102. The molecule has 2 aliphatic rings. The molecule has 1 aliphatic carbocycles. The number of ether oxygens (including phenoxy) is 3. The van der Waals surface area contributed by atoms with Crippen molar-refractivity contribution in [2.24, 2.45) is 5.92 Å². The van der Waals surface area contributed by atoms with E-state index in [1.807, 2.05) is 31.2 Å². The van der Waals surface area contributed by atoms with E-state index in [-0.39, 0.29) is 12.2 Å². The van der Waals surface area contributed by atoms with Gasteiger partial charge < -0.3 is 19.5 Å². The van der Waals surface area contributed by atoms with Crippen molar-refractivity contribution < 1.29 is 14.2 Å². The van der Waals surface area contributed by atoms with Gasteiger partial charge in [-0.3, -0.25) is 0 Å². The van der Waals surface area contributed by atoms with Gasteiger partial charge in [0.05, 0.1) is 13.2 Å². The lowest BCUT2D eigenvalue weighted by molar-refractivity contribution is -0.0690. The summed E-state index contributed by atoms with van der Waals surface area (Å²) in [5.41, 5.74) is 0. The Labute approximate surface area is 139 Å². The molecule has 1 saturated carbocycles. The van der Waals surface area contributed by atoms with E-state index in [0.717, 1.165) is 31.2 Å². The van der Waals surface area contributed by atoms with Crippen molar-refractivity contribution in [3.63, 3.8) is 0 Å². The summed E-state index contributed by atoms with van der Waals surface area (Å²) in [4.78, 5) is 0. The molecular formula is C19H29NO3. The van der Waals surface area contributed by atoms with E-state index in [1.54, 1.807) is 0 Å². The predicted molar refractivity (Wildman–Crippen MR) is 91.2 cm³/mol. The Morgan fingerprint density at radius 2 is 1.96 bits per heavy atom. The fourth-order valence-electron chi connectivity index (χ4n) is 3.70. The molecule has 1 aromatic rings. The number of nitrogens with one attached hydrogen (secondary N) is 1. The quantitative estimate of drug-likeness (QED) is 0.872. The molecule has 0 spiro atoms. The van der Waals surface area contributed by atoms with E-state index in [0.29, 0.717) is 12.5 Å². The van der Waals surface area contributed by atoms with Crippen LogP contribution in [-0.4, -0.2) is 38.5 Å². The third kappa shape index (κ3) is 4.39. The molecule has 3 rings (SSSR count). The fourth-order valence-corrected chi connectivity index (χ4v) is 3.70. The van der Waals surface area contributed by atoms with Gasteiger partial charge in [-0.05, 0) is 37.8 Å². The highest BCUT2D eigenvalue weighted by atomic mass is 16.6. The lowest BCUT2D eigenvalue weighted by Crippen LogP contribution is -2.50. The highest BCUT2D eigenvalue weighted by Crippen LogP contribution is 2.35. The predicted octanol–water partition coefficient (Wildman–Crippen LogP) is 3.40. The summed E-state index contributed by atoms with van der Waals surface area (Å²) in [6.07, 6.45) is 6.66. The maximum absolute atomic E-state index is 6.49. The average Bonchev–Trinajstić information content (AvgIpc) is 2.63. The maximum atomic E-state index is 6.49. The molecule has 1 heterocycles. The van der Waals surface area contributed by atoms with Gasteiger partial charge in [0.2, 0.25) is 0 Å². The van der Waals surface area contributed by atoms with Crippen molar-refractivity contribution in [3.8, 4) is 11.5 Å². The second-order valence-electron chi connectivity index (χ2n) is 6.47. The lowest BCUT2D eigenvalue weighted by atomic mass is 9.83. The number of rotatable bonds is 6. The van der Waals surface area contributed by atoms with E-state index in [4.69, 9.17) is 14.2 Å². The zero-order chi connectivity index (χ0) is 15.9. The van der Waals surface area contributed by atoms with E-state index in [1.165, 1.54) is 32.1 Å². The van der Waals surface area contributed by atoms with Crippen LogP contribution in [-0.2, 0) is 4.74 Å². The van der Waals surface area contributed by atoms with E-state index in [9.17, 15) is 0 Å². The van der Waals surface area contributed by atoms with Crippen molar-refractivity contribution >= 4 is 0 Å². The van der Waals surface area contributed by atoms with Crippen molar-refractivity contribution in [2.75, 3.05) is 26.3 Å². The van der Waals surface area contributed by atoms with Gasteiger partial charge >= 0.3 is 0 Å². The Hall–Kier alpha value is -1.26. The minimum Gasteiger partial charge on any atom is -0.490 e. The first kappa shape index (κ1) is 16.6. The molecular weight excluding hydrogens is 290 g/mol. The van der Waals surface area contributed by atoms with Crippen LogP contribution in [0.15, 0.2) is 24.3 Å². The molecule has 1 saturated heterocycles. The lowest BCUT2D eigenvalue weighted by Gasteiger charge is -2.38. The first-order chi connectivity index (χ1) is 11.4. The highest BCUT2D eigenvalue weighted by Gasteiger charge is 2.34. The van der Waals surface area contributed by atoms with Gasteiger partial charge in [-0.1, -0.05) is 31.4 Å². The number of para-hydroxylation sites is 2. The number of benzene rings is 1. The summed E-state index contributed by atoms with van der Waals surface area (Å²) >= 11 is 0. The monoisotopic (exact) mass is 319 g/mol. The molecule has 0 amide bonds. The maximum Gasteiger partial charge on any atom is 0.161 e. The summed E-state index contributed by atoms with van der Waals surface area (Å²) in [6, 6.07) is 8.00. The Morgan fingerprint density at radius 3 is 2.65 bits per heavy atom. The normalized spacial score (nSPS) is 24.1. The van der Waals surface area contributed by atoms with Gasteiger partial charge in [0.15, 0.2) is 11.5 Å². The Balaban J connectivity index is 1.77. The van der Waals surface area contributed by atoms with Gasteiger partial charge in [0.1, 0.15) is 12.2 Å². The first-order valence-electron chi connectivity index (χ1n) is 9.09. The Bertz CT molecular complexity index is 449. The molecule has 1 aliphatic heterocycles. The molecule has 2 atom stereocenters. The molecule has 2 fully saturated rings. The molecule has 23 heavy (non-hydrogen) atoms. The summed E-state index contributed by atoms with van der Waals surface area (Å²) in [5.74, 6) is 2.25. The highest BCUT2D eigenvalue weighted by molar-refractivity contribution is 5.39. The molecule has 0 aromatic heterocycles. The molecule has 0 bridgehead atoms. The average molecular weight is 319 g/mol. The standard InChI is InChI=1S/C19H29NO3/c1-2-21-16-10-6-7-11-17(16)23-19(15-8-4-3-5-9-15)18-14-20-12-13-22-18/h6-7,10-11,15,18-20H,2-5,8-9,12-14H2,1H3/t18?,19-/m0/s1. The van der Waals surface area contributed by atoms with Crippen molar-refractivity contribution in [1.82, 2.24) is 5.32 Å². The van der Waals surface area contributed by atoms with Crippen molar-refractivity contribution in [3.05, 3.63) is 24.3 Å². The third-order valence-electron chi connectivity index (χ3n) is 4.85. The second kappa shape index (κ2) is 8.55. The van der Waals surface area contributed by atoms with Gasteiger partial charge in [0.25, 0.3) is 0 Å². The summed E-state index contributed by atoms with van der Waals surface area (Å²) < 4.78 is 18.3. The number of hydrogen-bond donors (Lipinski definition) is 1. The smallest absolute Gasteiger partial charge is 0.161 e. The molecule has 4 nitrogen and oxygen atoms in total. The van der Waals surface area contributed by atoms with Gasteiger partial charge in [-0.25, -0.2) is 0 Å². The van der Waals surface area contributed by atoms with Crippen LogP contribution in [0.2, 0.25) is 0 Å². The molecule has 128 valence electrons. The summed E-state index contributed by atoms with van der Waals surface area (Å²) in [6.45, 7) is 5.23. The zero-order valence-corrected chi connectivity index (χ0v) is 14.1. The van der Waals surface area contributed by atoms with Crippen LogP contribution in [0.3, 0.4) is 0 Å². The molecule has 4 heteroatoms. The van der Waals surface area contributed by atoms with Crippen LogP contribution in [0.1, 0.15) is 39.0 Å². The van der Waals surface area contributed by atoms with E-state index < -0.39 is 0 Å². The second-order valence-corrected chi connectivity index (χ2v) is 6.47. The van der Waals surface area contributed by atoms with Crippen LogP contribution in [0.25, 0.3) is 0 Å². The number of hydrogen-bond acceptors (Lipinski definition) is 4. The van der Waals surface area contributed by atoms with E-state index >= 15 is 0 Å². The van der Waals surface area contributed by atoms with Crippen molar-refractivity contribution in [1.29, 1.82) is 0 Å². The van der Waals surface area contributed by atoms with Gasteiger partial charge in [-0.15, -0.1) is 0 Å². The van der Waals surface area contributed by atoms with Gasteiger partial charge in [0, 0.05) is 13.1 Å². The third-order valence-corrected chi connectivity index (χ3v) is 4.85. The molecule has 1 unspecified atom stereocenters. The summed E-state index contributed by atoms with van der Waals surface area (Å²) in [5, 5.41) is 3.44. The van der Waals surface area contributed by atoms with Crippen LogP contribution < -0.4 is 14.8 Å².